The lowest BCUT2D eigenvalue weighted by atomic mass is 9.78. The van der Waals surface area contributed by atoms with E-state index in [2.05, 4.69) is 24.1 Å². The van der Waals surface area contributed by atoms with Crippen molar-refractivity contribution >= 4 is 0 Å². The van der Waals surface area contributed by atoms with E-state index >= 15 is 0 Å². The maximum atomic E-state index is 3.53. The van der Waals surface area contributed by atoms with Crippen LogP contribution < -0.4 is 5.32 Å². The van der Waals surface area contributed by atoms with E-state index in [1.165, 1.54) is 64.8 Å². The van der Waals surface area contributed by atoms with Gasteiger partial charge in [-0.2, -0.15) is 0 Å². The Morgan fingerprint density at radius 2 is 2.06 bits per heavy atom. The molecule has 1 N–H and O–H groups in total. The van der Waals surface area contributed by atoms with Gasteiger partial charge in [0.1, 0.15) is 0 Å². The van der Waals surface area contributed by atoms with Crippen molar-refractivity contribution in [2.75, 3.05) is 32.7 Å². The predicted molar refractivity (Wildman–Crippen MR) is 69.7 cm³/mol. The molecule has 0 radical (unpaired) electrons. The molecule has 0 bridgehead atoms. The third kappa shape index (κ3) is 3.21. The third-order valence-electron chi connectivity index (χ3n) is 4.83. The fourth-order valence-corrected chi connectivity index (χ4v) is 3.07. The lowest BCUT2D eigenvalue weighted by Gasteiger charge is -2.40. The highest BCUT2D eigenvalue weighted by Gasteiger charge is 2.29. The second-order valence-electron chi connectivity index (χ2n) is 6.18. The smallest absolute Gasteiger partial charge is 0.00218 e. The first-order chi connectivity index (χ1) is 7.72. The van der Waals surface area contributed by atoms with E-state index in [4.69, 9.17) is 0 Å². The van der Waals surface area contributed by atoms with Crippen molar-refractivity contribution in [2.24, 2.45) is 11.3 Å². The van der Waals surface area contributed by atoms with Crippen LogP contribution in [0.1, 0.15) is 46.0 Å². The molecule has 0 saturated carbocycles. The van der Waals surface area contributed by atoms with Crippen LogP contribution in [0, 0.1) is 11.3 Å². The highest BCUT2D eigenvalue weighted by Crippen LogP contribution is 2.34. The molecule has 2 rings (SSSR count). The Morgan fingerprint density at radius 1 is 1.31 bits per heavy atom. The summed E-state index contributed by atoms with van der Waals surface area (Å²) in [6, 6.07) is 0. The standard InChI is InChI=1S/C14H28N2/c1-3-14(2)6-9-16(10-7-14)12-13-5-4-8-15-11-13/h13,15H,3-12H2,1-2H3. The lowest BCUT2D eigenvalue weighted by Crippen LogP contribution is -2.43. The molecule has 0 aliphatic carbocycles. The summed E-state index contributed by atoms with van der Waals surface area (Å²) in [5.74, 6) is 0.916. The summed E-state index contributed by atoms with van der Waals surface area (Å²) in [7, 11) is 0. The van der Waals surface area contributed by atoms with Crippen LogP contribution in [-0.2, 0) is 0 Å². The average Bonchev–Trinajstić information content (AvgIpc) is 2.34. The molecule has 0 aromatic rings. The van der Waals surface area contributed by atoms with Crippen LogP contribution in [0.25, 0.3) is 0 Å². The molecule has 2 heteroatoms. The number of nitrogens with zero attached hydrogens (tertiary/aromatic N) is 1. The van der Waals surface area contributed by atoms with Crippen LogP contribution in [0.5, 0.6) is 0 Å². The van der Waals surface area contributed by atoms with Crippen molar-refractivity contribution in [3.8, 4) is 0 Å². The summed E-state index contributed by atoms with van der Waals surface area (Å²) in [4.78, 5) is 2.70. The van der Waals surface area contributed by atoms with Gasteiger partial charge >= 0.3 is 0 Å². The van der Waals surface area contributed by atoms with Gasteiger partial charge in [-0.05, 0) is 63.2 Å². The third-order valence-corrected chi connectivity index (χ3v) is 4.83. The van der Waals surface area contributed by atoms with E-state index in [1.54, 1.807) is 0 Å². The molecule has 94 valence electrons. The zero-order valence-corrected chi connectivity index (χ0v) is 11.1. The van der Waals surface area contributed by atoms with E-state index in [1.807, 2.05) is 0 Å². The van der Waals surface area contributed by atoms with E-state index in [-0.39, 0.29) is 0 Å². The number of hydrogen-bond acceptors (Lipinski definition) is 2. The zero-order chi connectivity index (χ0) is 11.4. The van der Waals surface area contributed by atoms with Crippen molar-refractivity contribution in [3.05, 3.63) is 0 Å². The summed E-state index contributed by atoms with van der Waals surface area (Å²) in [5, 5.41) is 3.53. The van der Waals surface area contributed by atoms with E-state index in [0.29, 0.717) is 5.41 Å². The first-order valence-electron chi connectivity index (χ1n) is 7.15. The molecule has 1 unspecified atom stereocenters. The number of nitrogens with one attached hydrogen (secondary N) is 1. The Hall–Kier alpha value is -0.0800. The summed E-state index contributed by atoms with van der Waals surface area (Å²) in [5.41, 5.74) is 0.640. The highest BCUT2D eigenvalue weighted by molar-refractivity contribution is 4.83. The van der Waals surface area contributed by atoms with E-state index < -0.39 is 0 Å². The molecule has 16 heavy (non-hydrogen) atoms. The largest absolute Gasteiger partial charge is 0.316 e. The van der Waals surface area contributed by atoms with Gasteiger partial charge in [-0.1, -0.05) is 20.3 Å². The Labute approximate surface area is 101 Å². The van der Waals surface area contributed by atoms with Crippen LogP contribution >= 0.6 is 0 Å². The van der Waals surface area contributed by atoms with Gasteiger partial charge in [0.05, 0.1) is 0 Å². The molecule has 0 spiro atoms. The molecule has 0 aromatic carbocycles. The van der Waals surface area contributed by atoms with Crippen molar-refractivity contribution < 1.29 is 0 Å². The summed E-state index contributed by atoms with van der Waals surface area (Å²) in [6.45, 7) is 11.3. The van der Waals surface area contributed by atoms with Gasteiger partial charge in [0.2, 0.25) is 0 Å². The Bertz CT molecular complexity index is 201. The Balaban J connectivity index is 1.72. The molecule has 0 aromatic heterocycles. The van der Waals surface area contributed by atoms with Crippen molar-refractivity contribution in [1.29, 1.82) is 0 Å². The predicted octanol–water partition coefficient (Wildman–Crippen LogP) is 2.50. The minimum Gasteiger partial charge on any atom is -0.316 e. The van der Waals surface area contributed by atoms with Crippen molar-refractivity contribution in [1.82, 2.24) is 10.2 Å². The van der Waals surface area contributed by atoms with Crippen LogP contribution in [0.3, 0.4) is 0 Å². The molecule has 2 aliphatic heterocycles. The van der Waals surface area contributed by atoms with E-state index in [9.17, 15) is 0 Å². The molecule has 0 amide bonds. The fourth-order valence-electron chi connectivity index (χ4n) is 3.07. The molecule has 2 aliphatic rings. The molecule has 1 atom stereocenters. The molecule has 2 nitrogen and oxygen atoms in total. The van der Waals surface area contributed by atoms with Gasteiger partial charge in [-0.3, -0.25) is 0 Å². The Morgan fingerprint density at radius 3 is 2.62 bits per heavy atom. The molecular formula is C14H28N2. The number of piperidine rings is 2. The van der Waals surface area contributed by atoms with Crippen LogP contribution in [0.15, 0.2) is 0 Å². The van der Waals surface area contributed by atoms with Gasteiger partial charge in [0.15, 0.2) is 0 Å². The number of rotatable bonds is 3. The summed E-state index contributed by atoms with van der Waals surface area (Å²) >= 11 is 0. The molecule has 2 fully saturated rings. The maximum Gasteiger partial charge on any atom is 0.00218 e. The zero-order valence-electron chi connectivity index (χ0n) is 11.1. The normalized spacial score (nSPS) is 31.5. The number of hydrogen-bond donors (Lipinski definition) is 1. The highest BCUT2D eigenvalue weighted by atomic mass is 15.1. The molecule has 2 saturated heterocycles. The lowest BCUT2D eigenvalue weighted by molar-refractivity contribution is 0.0967. The van der Waals surface area contributed by atoms with Crippen LogP contribution in [0.2, 0.25) is 0 Å². The SMILES string of the molecule is CCC1(C)CCN(CC2CCCNC2)CC1. The van der Waals surface area contributed by atoms with Crippen molar-refractivity contribution in [3.63, 3.8) is 0 Å². The number of likely N-dealkylation sites (tertiary alicyclic amines) is 1. The van der Waals surface area contributed by atoms with Crippen LogP contribution in [-0.4, -0.2) is 37.6 Å². The summed E-state index contributed by atoms with van der Waals surface area (Å²) < 4.78 is 0. The average molecular weight is 224 g/mol. The van der Waals surface area contributed by atoms with Gasteiger partial charge in [0.25, 0.3) is 0 Å². The molecule has 2 heterocycles. The molecular weight excluding hydrogens is 196 g/mol. The fraction of sp³-hybridized carbons (Fsp3) is 1.00. The quantitative estimate of drug-likeness (QED) is 0.792. The van der Waals surface area contributed by atoms with Crippen molar-refractivity contribution in [2.45, 2.75) is 46.0 Å². The van der Waals surface area contributed by atoms with Gasteiger partial charge in [0, 0.05) is 6.54 Å². The second kappa shape index (κ2) is 5.50. The van der Waals surface area contributed by atoms with E-state index in [0.717, 1.165) is 5.92 Å². The topological polar surface area (TPSA) is 15.3 Å². The first kappa shape index (κ1) is 12.4. The second-order valence-corrected chi connectivity index (χ2v) is 6.18. The van der Waals surface area contributed by atoms with Gasteiger partial charge < -0.3 is 10.2 Å². The van der Waals surface area contributed by atoms with Gasteiger partial charge in [-0.25, -0.2) is 0 Å². The summed E-state index contributed by atoms with van der Waals surface area (Å²) in [6.07, 6.45) is 6.98. The Kier molecular flexibility index (Phi) is 4.26. The minimum absolute atomic E-state index is 0.640. The maximum absolute atomic E-state index is 3.53. The monoisotopic (exact) mass is 224 g/mol. The van der Waals surface area contributed by atoms with Gasteiger partial charge in [-0.15, -0.1) is 0 Å². The van der Waals surface area contributed by atoms with Crippen LogP contribution in [0.4, 0.5) is 0 Å². The minimum atomic E-state index is 0.640. The first-order valence-corrected chi connectivity index (χ1v) is 7.15.